The second kappa shape index (κ2) is 6.57. The van der Waals surface area contributed by atoms with Crippen molar-refractivity contribution in [3.63, 3.8) is 0 Å². The molecule has 0 aromatic heterocycles. The molecular formula is C17H15O3. The second-order valence-corrected chi connectivity index (χ2v) is 4.33. The summed E-state index contributed by atoms with van der Waals surface area (Å²) >= 11 is 0. The predicted octanol–water partition coefficient (Wildman–Crippen LogP) is 3.47. The highest BCUT2D eigenvalue weighted by molar-refractivity contribution is 5.86. The predicted molar refractivity (Wildman–Crippen MR) is 77.5 cm³/mol. The highest BCUT2D eigenvalue weighted by Gasteiger charge is 2.05. The van der Waals surface area contributed by atoms with E-state index in [2.05, 4.69) is 6.07 Å². The Morgan fingerprint density at radius 3 is 2.75 bits per heavy atom. The lowest BCUT2D eigenvalue weighted by Crippen LogP contribution is -1.99. The smallest absolute Gasteiger partial charge is 0.328 e. The average molecular weight is 267 g/mol. The first-order valence-electron chi connectivity index (χ1n) is 6.26. The number of rotatable bonds is 5. The normalized spacial score (nSPS) is 10.7. The Labute approximate surface area is 118 Å². The molecule has 1 radical (unpaired) electrons. The standard InChI is InChI=1S/C17H15O3/c1-13-6-5-9-15(10-11-16(18)19)17(13)20-12-14-7-3-2-4-8-14/h2-5,7-11H,12H2,1H3,(H,18,19). The van der Waals surface area contributed by atoms with E-state index in [-0.39, 0.29) is 0 Å². The zero-order valence-electron chi connectivity index (χ0n) is 11.2. The van der Waals surface area contributed by atoms with Crippen LogP contribution in [0.5, 0.6) is 5.75 Å². The van der Waals surface area contributed by atoms with Gasteiger partial charge in [0.25, 0.3) is 0 Å². The van der Waals surface area contributed by atoms with Crippen molar-refractivity contribution >= 4 is 12.0 Å². The molecule has 0 aliphatic carbocycles. The fourth-order valence-electron chi connectivity index (χ4n) is 1.83. The van der Waals surface area contributed by atoms with E-state index in [0.717, 1.165) is 22.8 Å². The van der Waals surface area contributed by atoms with Gasteiger partial charge in [-0.15, -0.1) is 0 Å². The minimum absolute atomic E-state index is 0.438. The first-order chi connectivity index (χ1) is 9.66. The fourth-order valence-corrected chi connectivity index (χ4v) is 1.83. The monoisotopic (exact) mass is 267 g/mol. The number of aliphatic carboxylic acids is 1. The Bertz CT molecular complexity index is 615. The summed E-state index contributed by atoms with van der Waals surface area (Å²) in [5, 5.41) is 8.71. The van der Waals surface area contributed by atoms with E-state index in [9.17, 15) is 4.79 Å². The maximum Gasteiger partial charge on any atom is 0.328 e. The molecule has 0 spiro atoms. The first-order valence-corrected chi connectivity index (χ1v) is 6.26. The summed E-state index contributed by atoms with van der Waals surface area (Å²) in [5.41, 5.74) is 2.65. The molecule has 0 fully saturated rings. The van der Waals surface area contributed by atoms with Gasteiger partial charge in [0.05, 0.1) is 0 Å². The van der Waals surface area contributed by atoms with E-state index in [1.807, 2.05) is 37.3 Å². The van der Waals surface area contributed by atoms with E-state index in [0.29, 0.717) is 12.4 Å². The molecule has 0 saturated carbocycles. The lowest BCUT2D eigenvalue weighted by atomic mass is 10.1. The Kier molecular flexibility index (Phi) is 4.56. The zero-order chi connectivity index (χ0) is 14.4. The Balaban J connectivity index is 2.19. The van der Waals surface area contributed by atoms with Gasteiger partial charge in [-0.1, -0.05) is 42.5 Å². The van der Waals surface area contributed by atoms with E-state index < -0.39 is 5.97 Å². The third-order valence-corrected chi connectivity index (χ3v) is 2.80. The summed E-state index contributed by atoms with van der Waals surface area (Å²) in [7, 11) is 0. The number of carboxylic acid groups (broad SMARTS) is 1. The molecule has 2 aromatic carbocycles. The van der Waals surface area contributed by atoms with Gasteiger partial charge in [0.2, 0.25) is 0 Å². The van der Waals surface area contributed by atoms with Crippen molar-refractivity contribution in [3.05, 3.63) is 71.3 Å². The number of hydrogen-bond acceptors (Lipinski definition) is 2. The first kappa shape index (κ1) is 13.9. The van der Waals surface area contributed by atoms with Crippen LogP contribution in [0.1, 0.15) is 16.7 Å². The van der Waals surface area contributed by atoms with Crippen LogP contribution >= 0.6 is 0 Å². The largest absolute Gasteiger partial charge is 0.488 e. The summed E-state index contributed by atoms with van der Waals surface area (Å²) in [6.45, 7) is 2.33. The molecule has 1 N–H and O–H groups in total. The number of carboxylic acids is 1. The third kappa shape index (κ3) is 3.72. The molecule has 3 nitrogen and oxygen atoms in total. The Morgan fingerprint density at radius 1 is 1.30 bits per heavy atom. The van der Waals surface area contributed by atoms with E-state index in [1.54, 1.807) is 12.1 Å². The quantitative estimate of drug-likeness (QED) is 0.844. The van der Waals surface area contributed by atoms with Gasteiger partial charge < -0.3 is 9.84 Å². The third-order valence-electron chi connectivity index (χ3n) is 2.80. The molecule has 3 heteroatoms. The minimum Gasteiger partial charge on any atom is -0.488 e. The summed E-state index contributed by atoms with van der Waals surface area (Å²) in [4.78, 5) is 10.6. The lowest BCUT2D eigenvalue weighted by molar-refractivity contribution is -0.131. The number of benzene rings is 2. The molecule has 101 valence electrons. The van der Waals surface area contributed by atoms with Crippen LogP contribution in [-0.2, 0) is 11.4 Å². The van der Waals surface area contributed by atoms with Gasteiger partial charge >= 0.3 is 5.97 Å². The van der Waals surface area contributed by atoms with Crippen LogP contribution in [0.15, 0.2) is 48.5 Å². The lowest BCUT2D eigenvalue weighted by Gasteiger charge is -2.12. The van der Waals surface area contributed by atoms with Gasteiger partial charge in [-0.2, -0.15) is 0 Å². The van der Waals surface area contributed by atoms with Crippen LogP contribution in [-0.4, -0.2) is 11.1 Å². The van der Waals surface area contributed by atoms with Gasteiger partial charge in [0, 0.05) is 11.6 Å². The second-order valence-electron chi connectivity index (χ2n) is 4.33. The van der Waals surface area contributed by atoms with E-state index in [4.69, 9.17) is 9.84 Å². The molecule has 0 aliphatic rings. The molecule has 2 aromatic rings. The van der Waals surface area contributed by atoms with Gasteiger partial charge in [0.15, 0.2) is 0 Å². The van der Waals surface area contributed by atoms with Crippen LogP contribution in [0.25, 0.3) is 6.08 Å². The number of aryl methyl sites for hydroxylation is 1. The molecule has 0 saturated heterocycles. The Morgan fingerprint density at radius 2 is 2.05 bits per heavy atom. The van der Waals surface area contributed by atoms with Gasteiger partial charge in [-0.05, 0) is 30.2 Å². The Hall–Kier alpha value is -2.55. The number of carbonyl (C=O) groups is 1. The minimum atomic E-state index is -0.982. The average Bonchev–Trinajstić information content (AvgIpc) is 2.45. The highest BCUT2D eigenvalue weighted by atomic mass is 16.5. The SMILES string of the molecule is Cc1[c]ccc(C=CC(=O)O)c1OCc1ccccc1. The van der Waals surface area contributed by atoms with E-state index >= 15 is 0 Å². The zero-order valence-corrected chi connectivity index (χ0v) is 11.2. The maximum absolute atomic E-state index is 10.6. The van der Waals surface area contributed by atoms with E-state index in [1.165, 1.54) is 6.08 Å². The topological polar surface area (TPSA) is 46.5 Å². The molecule has 0 amide bonds. The molecule has 0 unspecified atom stereocenters. The van der Waals surface area contributed by atoms with Crippen molar-refractivity contribution in [2.45, 2.75) is 13.5 Å². The van der Waals surface area contributed by atoms with Crippen LogP contribution in [0.2, 0.25) is 0 Å². The van der Waals surface area contributed by atoms with Crippen LogP contribution < -0.4 is 4.74 Å². The van der Waals surface area contributed by atoms with Crippen molar-refractivity contribution in [1.82, 2.24) is 0 Å². The summed E-state index contributed by atoms with van der Waals surface area (Å²) in [6, 6.07) is 16.4. The van der Waals surface area contributed by atoms with Crippen LogP contribution in [0.4, 0.5) is 0 Å². The fraction of sp³-hybridized carbons (Fsp3) is 0.118. The molecule has 0 atom stereocenters. The van der Waals surface area contributed by atoms with Gasteiger partial charge in [-0.3, -0.25) is 0 Å². The summed E-state index contributed by atoms with van der Waals surface area (Å²) in [5.74, 6) is -0.321. The molecule has 0 aliphatic heterocycles. The van der Waals surface area contributed by atoms with Gasteiger partial charge in [-0.25, -0.2) is 4.79 Å². The van der Waals surface area contributed by atoms with Crippen molar-refractivity contribution < 1.29 is 14.6 Å². The van der Waals surface area contributed by atoms with Crippen molar-refractivity contribution in [3.8, 4) is 5.75 Å². The maximum atomic E-state index is 10.6. The molecule has 0 heterocycles. The van der Waals surface area contributed by atoms with Crippen LogP contribution in [0, 0.1) is 13.0 Å². The summed E-state index contributed by atoms with van der Waals surface area (Å²) < 4.78 is 5.81. The molecule has 20 heavy (non-hydrogen) atoms. The van der Waals surface area contributed by atoms with Crippen molar-refractivity contribution in [1.29, 1.82) is 0 Å². The molecular weight excluding hydrogens is 252 g/mol. The number of ether oxygens (including phenoxy) is 1. The molecule has 0 bridgehead atoms. The highest BCUT2D eigenvalue weighted by Crippen LogP contribution is 2.25. The molecule has 2 rings (SSSR count). The van der Waals surface area contributed by atoms with Crippen LogP contribution in [0.3, 0.4) is 0 Å². The van der Waals surface area contributed by atoms with Gasteiger partial charge in [0.1, 0.15) is 12.4 Å². The van der Waals surface area contributed by atoms with Crippen molar-refractivity contribution in [2.24, 2.45) is 0 Å². The summed E-state index contributed by atoms with van der Waals surface area (Å²) in [6.07, 6.45) is 2.63. The van der Waals surface area contributed by atoms with Crippen molar-refractivity contribution in [2.75, 3.05) is 0 Å². The number of hydrogen-bond donors (Lipinski definition) is 1.